The number of rotatable bonds is 6. The molecule has 0 bridgehead atoms. The van der Waals surface area contributed by atoms with E-state index >= 15 is 0 Å². The molecule has 0 spiro atoms. The summed E-state index contributed by atoms with van der Waals surface area (Å²) in [5.41, 5.74) is 2.42. The Morgan fingerprint density at radius 2 is 1.80 bits per heavy atom. The van der Waals surface area contributed by atoms with Crippen molar-refractivity contribution in [3.63, 3.8) is 0 Å². The van der Waals surface area contributed by atoms with E-state index in [-0.39, 0.29) is 10.8 Å². The molecule has 1 atom stereocenters. The Hall–Kier alpha value is -2.71. The highest BCUT2D eigenvalue weighted by atomic mass is 32.2. The monoisotopic (exact) mass is 442 g/mol. The normalized spacial score (nSPS) is 16.8. The minimum atomic E-state index is -3.77. The molecule has 1 aromatic heterocycles. The van der Waals surface area contributed by atoms with Crippen molar-refractivity contribution in [1.82, 2.24) is 8.87 Å². The van der Waals surface area contributed by atoms with Gasteiger partial charge in [-0.15, -0.1) is 11.8 Å². The van der Waals surface area contributed by atoms with Gasteiger partial charge in [0, 0.05) is 11.8 Å². The average molecular weight is 443 g/mol. The first-order valence-corrected chi connectivity index (χ1v) is 11.9. The zero-order chi connectivity index (χ0) is 21.3. The van der Waals surface area contributed by atoms with Crippen LogP contribution in [0.3, 0.4) is 0 Å². The van der Waals surface area contributed by atoms with Crippen LogP contribution in [-0.2, 0) is 21.4 Å². The summed E-state index contributed by atoms with van der Waals surface area (Å²) < 4.78 is 33.2. The van der Waals surface area contributed by atoms with Crippen molar-refractivity contribution in [2.75, 3.05) is 12.9 Å². The smallest absolute Gasteiger partial charge is 0.267 e. The zero-order valence-corrected chi connectivity index (χ0v) is 18.3. The van der Waals surface area contributed by atoms with Crippen molar-refractivity contribution in [2.24, 2.45) is 0 Å². The summed E-state index contributed by atoms with van der Waals surface area (Å²) in [4.78, 5) is 14.6. The summed E-state index contributed by atoms with van der Waals surface area (Å²) in [5, 5.41) is -0.405. The number of aryl methyl sites for hydroxylation is 1. The molecule has 30 heavy (non-hydrogen) atoms. The highest BCUT2D eigenvalue weighted by molar-refractivity contribution is 8.00. The van der Waals surface area contributed by atoms with Crippen LogP contribution in [0, 0.1) is 6.92 Å². The van der Waals surface area contributed by atoms with E-state index in [1.54, 1.807) is 48.4 Å². The van der Waals surface area contributed by atoms with Crippen LogP contribution in [0.15, 0.2) is 71.8 Å². The van der Waals surface area contributed by atoms with Crippen LogP contribution < -0.4 is 4.74 Å². The van der Waals surface area contributed by atoms with E-state index in [9.17, 15) is 13.2 Å². The Bertz CT molecular complexity index is 1170. The third-order valence-corrected chi connectivity index (χ3v) is 8.02. The van der Waals surface area contributed by atoms with Crippen molar-refractivity contribution in [2.45, 2.75) is 23.7 Å². The quantitative estimate of drug-likeness (QED) is 0.581. The summed E-state index contributed by atoms with van der Waals surface area (Å²) in [7, 11) is -2.17. The van der Waals surface area contributed by atoms with Crippen molar-refractivity contribution in [3.05, 3.63) is 83.7 Å². The zero-order valence-electron chi connectivity index (χ0n) is 16.7. The van der Waals surface area contributed by atoms with Gasteiger partial charge in [-0.05, 0) is 37.3 Å². The molecule has 1 saturated heterocycles. The third kappa shape index (κ3) is 3.73. The maximum atomic E-state index is 13.3. The molecule has 1 unspecified atom stereocenters. The lowest BCUT2D eigenvalue weighted by Crippen LogP contribution is -2.29. The topological polar surface area (TPSA) is 68.6 Å². The van der Waals surface area contributed by atoms with Crippen LogP contribution in [0.2, 0.25) is 0 Å². The number of ether oxygens (including phenoxy) is 1. The maximum absolute atomic E-state index is 13.3. The fourth-order valence-electron chi connectivity index (χ4n) is 3.50. The second-order valence-electron chi connectivity index (χ2n) is 7.04. The first-order valence-electron chi connectivity index (χ1n) is 9.44. The fraction of sp³-hybridized carbons (Fsp3) is 0.227. The van der Waals surface area contributed by atoms with Crippen LogP contribution in [-0.4, -0.2) is 36.1 Å². The van der Waals surface area contributed by atoms with E-state index in [4.69, 9.17) is 4.74 Å². The minimum Gasteiger partial charge on any atom is -0.496 e. The predicted octanol–water partition coefficient (Wildman–Crippen LogP) is 3.82. The van der Waals surface area contributed by atoms with E-state index in [2.05, 4.69) is 0 Å². The number of methoxy groups -OCH3 is 1. The minimum absolute atomic E-state index is 0.0311. The lowest BCUT2D eigenvalue weighted by Gasteiger charge is -2.26. The van der Waals surface area contributed by atoms with Gasteiger partial charge in [-0.2, -0.15) is 0 Å². The molecule has 1 aliphatic rings. The predicted molar refractivity (Wildman–Crippen MR) is 117 cm³/mol. The molecule has 1 aliphatic heterocycles. The molecule has 3 aromatic rings. The van der Waals surface area contributed by atoms with Gasteiger partial charge in [0.25, 0.3) is 10.0 Å². The molecule has 0 aliphatic carbocycles. The molecule has 6 nitrogen and oxygen atoms in total. The van der Waals surface area contributed by atoms with E-state index in [0.717, 1.165) is 11.1 Å². The van der Waals surface area contributed by atoms with E-state index < -0.39 is 15.4 Å². The summed E-state index contributed by atoms with van der Waals surface area (Å²) in [6.07, 6.45) is 1.54. The van der Waals surface area contributed by atoms with Crippen LogP contribution >= 0.6 is 11.8 Å². The van der Waals surface area contributed by atoms with Gasteiger partial charge in [-0.1, -0.05) is 35.9 Å². The second-order valence-corrected chi connectivity index (χ2v) is 9.93. The van der Waals surface area contributed by atoms with E-state index in [0.29, 0.717) is 23.7 Å². The Kier molecular flexibility index (Phi) is 5.62. The molecule has 2 heterocycles. The molecule has 2 aromatic carbocycles. The number of aromatic nitrogens is 1. The van der Waals surface area contributed by atoms with Gasteiger partial charge >= 0.3 is 0 Å². The van der Waals surface area contributed by atoms with Gasteiger partial charge < -0.3 is 9.64 Å². The fourth-order valence-corrected chi connectivity index (χ4v) is 6.14. The van der Waals surface area contributed by atoms with Crippen molar-refractivity contribution < 1.29 is 17.9 Å². The number of benzene rings is 2. The molecule has 4 rings (SSSR count). The summed E-state index contributed by atoms with van der Waals surface area (Å²) >= 11 is 1.43. The maximum Gasteiger partial charge on any atom is 0.267 e. The molecule has 1 amide bonds. The van der Waals surface area contributed by atoms with Gasteiger partial charge in [0.05, 0.1) is 30.0 Å². The van der Waals surface area contributed by atoms with Crippen LogP contribution in [0.1, 0.15) is 22.2 Å². The highest BCUT2D eigenvalue weighted by Gasteiger charge is 2.36. The summed E-state index contributed by atoms with van der Waals surface area (Å²) in [6.45, 7) is 2.25. The van der Waals surface area contributed by atoms with Gasteiger partial charge in [0.1, 0.15) is 11.1 Å². The Labute approximate surface area is 180 Å². The molecule has 0 radical (unpaired) electrons. The lowest BCUT2D eigenvalue weighted by molar-refractivity contribution is -0.128. The Morgan fingerprint density at radius 1 is 1.07 bits per heavy atom. The van der Waals surface area contributed by atoms with Crippen molar-refractivity contribution >= 4 is 27.7 Å². The van der Waals surface area contributed by atoms with E-state index in [1.165, 1.54) is 21.9 Å². The third-order valence-electron chi connectivity index (χ3n) is 5.08. The largest absolute Gasteiger partial charge is 0.496 e. The average Bonchev–Trinajstić information content (AvgIpc) is 3.36. The van der Waals surface area contributed by atoms with Crippen molar-refractivity contribution in [1.29, 1.82) is 0 Å². The van der Waals surface area contributed by atoms with Crippen LogP contribution in [0.25, 0.3) is 0 Å². The highest BCUT2D eigenvalue weighted by Crippen LogP contribution is 2.41. The second kappa shape index (κ2) is 8.20. The van der Waals surface area contributed by atoms with Crippen LogP contribution in [0.4, 0.5) is 0 Å². The Morgan fingerprint density at radius 3 is 2.53 bits per heavy atom. The SMILES string of the molecule is COc1ccccc1CN1C(=O)CSC1c1cccn1S(=O)(=O)c1ccc(C)cc1. The summed E-state index contributed by atoms with van der Waals surface area (Å²) in [5.74, 6) is 0.968. The van der Waals surface area contributed by atoms with Gasteiger partial charge in [-0.3, -0.25) is 4.79 Å². The Balaban J connectivity index is 1.70. The molecule has 0 saturated carbocycles. The molecule has 0 N–H and O–H groups in total. The standard InChI is InChI=1S/C22H22N2O4S2/c1-16-9-11-18(12-10-16)30(26,27)24-13-5-7-19(24)22-23(21(25)15-29-22)14-17-6-3-4-8-20(17)28-2/h3-13,22H,14-15H2,1-2H3. The molecular weight excluding hydrogens is 420 g/mol. The summed E-state index contributed by atoms with van der Waals surface area (Å²) in [6, 6.07) is 17.8. The van der Waals surface area contributed by atoms with Gasteiger partial charge in [-0.25, -0.2) is 12.4 Å². The number of hydrogen-bond donors (Lipinski definition) is 0. The van der Waals surface area contributed by atoms with Gasteiger partial charge in [0.15, 0.2) is 0 Å². The number of carbonyl (C=O) groups is 1. The number of carbonyl (C=O) groups excluding carboxylic acids is 1. The lowest BCUT2D eigenvalue weighted by atomic mass is 10.2. The molecule has 8 heteroatoms. The number of hydrogen-bond acceptors (Lipinski definition) is 5. The molecular formula is C22H22N2O4S2. The molecule has 1 fully saturated rings. The van der Waals surface area contributed by atoms with Crippen LogP contribution in [0.5, 0.6) is 5.75 Å². The van der Waals surface area contributed by atoms with E-state index in [1.807, 2.05) is 31.2 Å². The number of amides is 1. The first-order chi connectivity index (χ1) is 14.4. The van der Waals surface area contributed by atoms with Gasteiger partial charge in [0.2, 0.25) is 5.91 Å². The number of para-hydroxylation sites is 1. The first kappa shape index (κ1) is 20.6. The number of thioether (sulfide) groups is 1. The molecule has 156 valence electrons. The number of nitrogens with zero attached hydrogens (tertiary/aromatic N) is 2. The van der Waals surface area contributed by atoms with Crippen molar-refractivity contribution in [3.8, 4) is 5.75 Å².